The van der Waals surface area contributed by atoms with Gasteiger partial charge in [0.1, 0.15) is 18.1 Å². The quantitative estimate of drug-likeness (QED) is 0.0794. The Bertz CT molecular complexity index is 1360. The van der Waals surface area contributed by atoms with Gasteiger partial charge in [-0.1, -0.05) is 67.1 Å². The smallest absolute Gasteiger partial charge is 0.326 e. The van der Waals surface area contributed by atoms with E-state index in [2.05, 4.69) is 16.0 Å². The molecule has 0 aliphatic carbocycles. The van der Waals surface area contributed by atoms with Gasteiger partial charge in [-0.25, -0.2) is 4.79 Å². The number of aliphatic carboxylic acids is 3. The van der Waals surface area contributed by atoms with Crippen LogP contribution in [0.4, 0.5) is 0 Å². The van der Waals surface area contributed by atoms with Crippen molar-refractivity contribution >= 4 is 29.7 Å². The van der Waals surface area contributed by atoms with Crippen LogP contribution in [0.2, 0.25) is 0 Å². The van der Waals surface area contributed by atoms with E-state index in [1.54, 1.807) is 0 Å². The van der Waals surface area contributed by atoms with E-state index in [0.29, 0.717) is 70.8 Å². The summed E-state index contributed by atoms with van der Waals surface area (Å²) >= 11 is 0. The number of carboxylic acids is 3. The summed E-state index contributed by atoms with van der Waals surface area (Å²) in [5.41, 5.74) is 7.62. The summed E-state index contributed by atoms with van der Waals surface area (Å²) in [5, 5.41) is 38.5. The third-order valence-electron chi connectivity index (χ3n) is 9.13. The maximum Gasteiger partial charge on any atom is 0.326 e. The molecule has 1 heterocycles. The molecule has 13 heteroatoms. The Balaban J connectivity index is 1.60. The van der Waals surface area contributed by atoms with Crippen LogP contribution in [0.5, 0.6) is 0 Å². The molecule has 274 valence electrons. The molecule has 1 aliphatic heterocycles. The van der Waals surface area contributed by atoms with Gasteiger partial charge < -0.3 is 31.3 Å². The highest BCUT2D eigenvalue weighted by atomic mass is 16.4. The van der Waals surface area contributed by atoms with Crippen LogP contribution < -0.4 is 21.7 Å². The average molecular weight is 696 g/mol. The zero-order valence-corrected chi connectivity index (χ0v) is 28.7. The summed E-state index contributed by atoms with van der Waals surface area (Å²) in [6.45, 7) is 1.000. The molecule has 1 saturated heterocycles. The molecule has 0 bridgehead atoms. The summed E-state index contributed by atoms with van der Waals surface area (Å²) in [6.07, 6.45) is 5.36. The molecule has 13 nitrogen and oxygen atoms in total. The lowest BCUT2D eigenvalue weighted by Gasteiger charge is -2.29. The van der Waals surface area contributed by atoms with E-state index in [-0.39, 0.29) is 31.8 Å². The highest BCUT2D eigenvalue weighted by Gasteiger charge is 2.38. The first-order valence-corrected chi connectivity index (χ1v) is 17.7. The summed E-state index contributed by atoms with van der Waals surface area (Å²) in [7, 11) is 0. The van der Waals surface area contributed by atoms with Crippen LogP contribution in [0.3, 0.4) is 0 Å². The summed E-state index contributed by atoms with van der Waals surface area (Å²) < 4.78 is 0. The van der Waals surface area contributed by atoms with Gasteiger partial charge in [0.15, 0.2) is 0 Å². The van der Waals surface area contributed by atoms with Crippen LogP contribution in [-0.4, -0.2) is 99.8 Å². The lowest BCUT2D eigenvalue weighted by Crippen LogP contribution is -2.54. The van der Waals surface area contributed by atoms with Crippen LogP contribution in [0.15, 0.2) is 60.7 Å². The standard InChI is InChI=1S/C37H53N5O8/c38-23-9-7-16-28(40-30(35(45)46)21-19-26-12-3-1-4-13-26)33(43)39-24-10-8-17-29(34(44)42-25-11-18-32(42)37(49)50)41-31(36(47)48)22-20-27-14-5-2-6-15-27/h1-6,12-15,28-32,40-41H,7-11,16-25,38H2,(H,39,43)(H,45,46)(H,47,48)(H,49,50)/t28-,29-,30-,31-,32-/m0/s1. The molecule has 1 fully saturated rings. The fourth-order valence-electron chi connectivity index (χ4n) is 6.31. The summed E-state index contributed by atoms with van der Waals surface area (Å²) in [5.74, 6) is -3.99. The lowest BCUT2D eigenvalue weighted by atomic mass is 10.0. The normalized spacial score (nSPS) is 16.7. The lowest BCUT2D eigenvalue weighted by molar-refractivity contribution is -0.149. The van der Waals surface area contributed by atoms with E-state index < -0.39 is 54.0 Å². The molecule has 3 rings (SSSR count). The molecule has 50 heavy (non-hydrogen) atoms. The number of hydrogen-bond donors (Lipinski definition) is 7. The number of amides is 2. The molecule has 0 saturated carbocycles. The first-order chi connectivity index (χ1) is 24.1. The number of carbonyl (C=O) groups is 5. The third kappa shape index (κ3) is 13.5. The third-order valence-corrected chi connectivity index (χ3v) is 9.13. The van der Waals surface area contributed by atoms with Crippen molar-refractivity contribution in [2.45, 2.75) is 107 Å². The van der Waals surface area contributed by atoms with Crippen LogP contribution in [0.1, 0.15) is 75.3 Å². The van der Waals surface area contributed by atoms with Crippen LogP contribution >= 0.6 is 0 Å². The van der Waals surface area contributed by atoms with Crippen LogP contribution in [0, 0.1) is 0 Å². The second-order valence-electron chi connectivity index (χ2n) is 12.9. The number of nitrogens with two attached hydrogens (primary N) is 1. The van der Waals surface area contributed by atoms with Gasteiger partial charge >= 0.3 is 17.9 Å². The Morgan fingerprint density at radius 2 is 1.22 bits per heavy atom. The van der Waals surface area contributed by atoms with Crippen molar-refractivity contribution in [2.75, 3.05) is 19.6 Å². The van der Waals surface area contributed by atoms with E-state index in [9.17, 15) is 39.3 Å². The van der Waals surface area contributed by atoms with Crippen molar-refractivity contribution in [3.8, 4) is 0 Å². The number of aryl methyl sites for hydroxylation is 2. The van der Waals surface area contributed by atoms with Crippen molar-refractivity contribution in [2.24, 2.45) is 5.73 Å². The van der Waals surface area contributed by atoms with E-state index in [1.807, 2.05) is 60.7 Å². The molecule has 0 radical (unpaired) electrons. The van der Waals surface area contributed by atoms with Gasteiger partial charge in [-0.05, 0) is 88.3 Å². The van der Waals surface area contributed by atoms with Crippen molar-refractivity contribution in [1.29, 1.82) is 0 Å². The monoisotopic (exact) mass is 695 g/mol. The number of unbranched alkanes of at least 4 members (excludes halogenated alkanes) is 2. The number of nitrogens with zero attached hydrogens (tertiary/aromatic N) is 1. The number of rotatable bonds is 24. The molecule has 2 aromatic carbocycles. The largest absolute Gasteiger partial charge is 0.480 e. The molecule has 8 N–H and O–H groups in total. The Kier molecular flexibility index (Phi) is 17.4. The fourth-order valence-corrected chi connectivity index (χ4v) is 6.31. The second-order valence-corrected chi connectivity index (χ2v) is 12.9. The van der Waals surface area contributed by atoms with Crippen molar-refractivity contribution in [3.63, 3.8) is 0 Å². The second kappa shape index (κ2) is 21.7. The number of nitrogens with one attached hydrogen (secondary N) is 3. The van der Waals surface area contributed by atoms with Gasteiger partial charge in [0.2, 0.25) is 11.8 Å². The highest BCUT2D eigenvalue weighted by molar-refractivity contribution is 5.88. The Morgan fingerprint density at radius 1 is 0.700 bits per heavy atom. The average Bonchev–Trinajstić information content (AvgIpc) is 3.61. The van der Waals surface area contributed by atoms with Gasteiger partial charge in [-0.15, -0.1) is 0 Å². The zero-order chi connectivity index (χ0) is 36.3. The van der Waals surface area contributed by atoms with Crippen molar-refractivity contribution in [1.82, 2.24) is 20.9 Å². The van der Waals surface area contributed by atoms with E-state index in [1.165, 1.54) is 4.90 Å². The molecule has 0 spiro atoms. The maximum atomic E-state index is 13.7. The molecular weight excluding hydrogens is 642 g/mol. The molecule has 2 amide bonds. The van der Waals surface area contributed by atoms with Gasteiger partial charge in [-0.3, -0.25) is 29.8 Å². The SMILES string of the molecule is NCCCC[C@H](N[C@@H](CCc1ccccc1)C(=O)O)C(=O)NCCCC[C@H](N[C@@H](CCc1ccccc1)C(=O)O)C(=O)N1CCC[C@H]1C(=O)O. The first kappa shape index (κ1) is 40.1. The zero-order valence-electron chi connectivity index (χ0n) is 28.7. The fraction of sp³-hybridized carbons (Fsp3) is 0.541. The van der Waals surface area contributed by atoms with E-state index in [0.717, 1.165) is 11.1 Å². The van der Waals surface area contributed by atoms with Gasteiger partial charge in [-0.2, -0.15) is 0 Å². The number of carboxylic acid groups (broad SMARTS) is 3. The van der Waals surface area contributed by atoms with E-state index in [4.69, 9.17) is 5.73 Å². The predicted octanol–water partition coefficient (Wildman–Crippen LogP) is 2.57. The molecule has 2 aromatic rings. The molecule has 1 aliphatic rings. The Labute approximate surface area is 294 Å². The molecular formula is C37H53N5O8. The van der Waals surface area contributed by atoms with E-state index >= 15 is 0 Å². The minimum absolute atomic E-state index is 0.239. The Morgan fingerprint density at radius 3 is 1.74 bits per heavy atom. The topological polar surface area (TPSA) is 211 Å². The molecule has 5 atom stereocenters. The van der Waals surface area contributed by atoms with Crippen LogP contribution in [0.25, 0.3) is 0 Å². The first-order valence-electron chi connectivity index (χ1n) is 17.7. The number of benzene rings is 2. The highest BCUT2D eigenvalue weighted by Crippen LogP contribution is 2.21. The predicted molar refractivity (Wildman–Crippen MR) is 188 cm³/mol. The van der Waals surface area contributed by atoms with Gasteiger partial charge in [0.05, 0.1) is 12.1 Å². The molecule has 0 aromatic heterocycles. The van der Waals surface area contributed by atoms with Gasteiger partial charge in [0.25, 0.3) is 0 Å². The van der Waals surface area contributed by atoms with Gasteiger partial charge in [0, 0.05) is 13.1 Å². The van der Waals surface area contributed by atoms with Crippen molar-refractivity contribution in [3.05, 3.63) is 71.8 Å². The minimum atomic E-state index is -1.10. The number of hydrogen-bond acceptors (Lipinski definition) is 8. The Hall–Kier alpha value is -4.33. The number of carbonyl (C=O) groups excluding carboxylic acids is 2. The minimum Gasteiger partial charge on any atom is -0.480 e. The number of likely N-dealkylation sites (tertiary alicyclic amines) is 1. The van der Waals surface area contributed by atoms with Crippen molar-refractivity contribution < 1.29 is 39.3 Å². The van der Waals surface area contributed by atoms with Crippen LogP contribution in [-0.2, 0) is 36.8 Å². The maximum absolute atomic E-state index is 13.7. The molecule has 0 unspecified atom stereocenters. The summed E-state index contributed by atoms with van der Waals surface area (Å²) in [4.78, 5) is 64.4. The summed E-state index contributed by atoms with van der Waals surface area (Å²) in [6, 6.07) is 14.4.